The van der Waals surface area contributed by atoms with Crippen LogP contribution in [-0.4, -0.2) is 11.5 Å². The molecular formula is C12H16N2OS. The van der Waals surface area contributed by atoms with Gasteiger partial charge in [0.1, 0.15) is 0 Å². The number of hydrogen-bond acceptors (Lipinski definition) is 4. The summed E-state index contributed by atoms with van der Waals surface area (Å²) in [6, 6.07) is 3.81. The minimum atomic E-state index is 0.380. The molecule has 0 fully saturated rings. The summed E-state index contributed by atoms with van der Waals surface area (Å²) in [6.07, 6.45) is 3.90. The van der Waals surface area contributed by atoms with Crippen molar-refractivity contribution >= 4 is 11.3 Å². The number of furan rings is 1. The maximum absolute atomic E-state index is 5.76. The van der Waals surface area contributed by atoms with Crippen molar-refractivity contribution in [2.45, 2.75) is 25.7 Å². The van der Waals surface area contributed by atoms with Gasteiger partial charge in [0.25, 0.3) is 0 Å². The first-order valence-corrected chi connectivity index (χ1v) is 6.42. The zero-order chi connectivity index (χ0) is 11.4. The molecule has 0 aliphatic carbocycles. The van der Waals surface area contributed by atoms with Crippen molar-refractivity contribution in [1.82, 2.24) is 4.98 Å². The van der Waals surface area contributed by atoms with Gasteiger partial charge in [-0.15, -0.1) is 11.3 Å². The molecule has 2 aromatic rings. The van der Waals surface area contributed by atoms with Gasteiger partial charge in [0.2, 0.25) is 0 Å². The lowest BCUT2D eigenvalue weighted by Gasteiger charge is -2.09. The summed E-state index contributed by atoms with van der Waals surface area (Å²) in [5.74, 6) is 1.22. The van der Waals surface area contributed by atoms with Gasteiger partial charge >= 0.3 is 0 Å². The molecule has 3 nitrogen and oxygen atoms in total. The second-order valence-electron chi connectivity index (χ2n) is 3.78. The lowest BCUT2D eigenvalue weighted by molar-refractivity contribution is 0.579. The molecule has 0 aromatic carbocycles. The zero-order valence-corrected chi connectivity index (χ0v) is 10.2. The molecule has 0 radical (unpaired) electrons. The highest BCUT2D eigenvalue weighted by Gasteiger charge is 2.14. The Hall–Kier alpha value is -1.13. The van der Waals surface area contributed by atoms with Crippen LogP contribution in [-0.2, 0) is 0 Å². The quantitative estimate of drug-likeness (QED) is 0.867. The fourth-order valence-corrected chi connectivity index (χ4v) is 2.59. The highest BCUT2D eigenvalue weighted by Crippen LogP contribution is 2.28. The van der Waals surface area contributed by atoms with E-state index in [9.17, 15) is 0 Å². The topological polar surface area (TPSA) is 52.0 Å². The number of thiazole rings is 1. The second kappa shape index (κ2) is 5.27. The Morgan fingerprint density at radius 2 is 2.44 bits per heavy atom. The lowest BCUT2D eigenvalue weighted by atomic mass is 10.0. The van der Waals surface area contributed by atoms with Crippen LogP contribution in [0, 0.1) is 0 Å². The van der Waals surface area contributed by atoms with Crippen LogP contribution in [0.25, 0.3) is 10.8 Å². The summed E-state index contributed by atoms with van der Waals surface area (Å²) in [6.45, 7) is 2.83. The van der Waals surface area contributed by atoms with Crippen molar-refractivity contribution in [3.8, 4) is 10.8 Å². The van der Waals surface area contributed by atoms with E-state index in [0.717, 1.165) is 29.3 Å². The molecule has 4 heteroatoms. The van der Waals surface area contributed by atoms with Crippen LogP contribution in [0.4, 0.5) is 0 Å². The molecule has 2 N–H and O–H groups in total. The molecule has 0 amide bonds. The van der Waals surface area contributed by atoms with Crippen molar-refractivity contribution in [1.29, 1.82) is 0 Å². The Labute approximate surface area is 99.3 Å². The van der Waals surface area contributed by atoms with Crippen molar-refractivity contribution in [3.63, 3.8) is 0 Å². The third-order valence-corrected chi connectivity index (χ3v) is 3.47. The van der Waals surface area contributed by atoms with Crippen molar-refractivity contribution < 1.29 is 4.42 Å². The maximum Gasteiger partial charge on any atom is 0.162 e. The highest BCUT2D eigenvalue weighted by molar-refractivity contribution is 7.13. The molecule has 0 spiro atoms. The second-order valence-corrected chi connectivity index (χ2v) is 4.63. The molecule has 2 rings (SSSR count). The Kier molecular flexibility index (Phi) is 3.74. The van der Waals surface area contributed by atoms with Gasteiger partial charge in [0.15, 0.2) is 10.8 Å². The minimum absolute atomic E-state index is 0.380. The van der Waals surface area contributed by atoms with Crippen molar-refractivity contribution in [2.75, 3.05) is 6.54 Å². The Morgan fingerprint density at radius 3 is 3.06 bits per heavy atom. The molecule has 16 heavy (non-hydrogen) atoms. The van der Waals surface area contributed by atoms with E-state index in [0.29, 0.717) is 12.5 Å². The summed E-state index contributed by atoms with van der Waals surface area (Å²) in [4.78, 5) is 4.59. The van der Waals surface area contributed by atoms with E-state index >= 15 is 0 Å². The van der Waals surface area contributed by atoms with Crippen LogP contribution < -0.4 is 5.73 Å². The number of rotatable bonds is 5. The predicted octanol–water partition coefficient (Wildman–Crippen LogP) is 3.25. The molecule has 2 heterocycles. The molecule has 0 saturated heterocycles. The fourth-order valence-electron chi connectivity index (χ4n) is 1.72. The SMILES string of the molecule is CCCC(CN)c1csc(-c2ccco2)n1. The minimum Gasteiger partial charge on any atom is -0.462 e. The highest BCUT2D eigenvalue weighted by atomic mass is 32.1. The van der Waals surface area contributed by atoms with Gasteiger partial charge in [-0.3, -0.25) is 0 Å². The molecule has 0 bridgehead atoms. The monoisotopic (exact) mass is 236 g/mol. The third-order valence-electron chi connectivity index (χ3n) is 2.59. The molecule has 2 aromatic heterocycles. The van der Waals surface area contributed by atoms with Gasteiger partial charge in [0, 0.05) is 17.8 Å². The summed E-state index contributed by atoms with van der Waals surface area (Å²) in [5, 5.41) is 3.03. The van der Waals surface area contributed by atoms with E-state index in [1.165, 1.54) is 0 Å². The van der Waals surface area contributed by atoms with Crippen LogP contribution >= 0.6 is 11.3 Å². The van der Waals surface area contributed by atoms with Gasteiger partial charge < -0.3 is 10.2 Å². The summed E-state index contributed by atoms with van der Waals surface area (Å²) < 4.78 is 5.32. The molecule has 86 valence electrons. The Balaban J connectivity index is 2.18. The summed E-state index contributed by atoms with van der Waals surface area (Å²) in [5.41, 5.74) is 6.86. The van der Waals surface area contributed by atoms with Crippen molar-refractivity contribution in [3.05, 3.63) is 29.5 Å². The van der Waals surface area contributed by atoms with Gasteiger partial charge in [-0.2, -0.15) is 0 Å². The van der Waals surface area contributed by atoms with E-state index in [1.54, 1.807) is 17.6 Å². The number of nitrogens with two attached hydrogens (primary N) is 1. The molecule has 0 aliphatic heterocycles. The first kappa shape index (κ1) is 11.4. The van der Waals surface area contributed by atoms with Crippen LogP contribution in [0.1, 0.15) is 31.4 Å². The molecular weight excluding hydrogens is 220 g/mol. The smallest absolute Gasteiger partial charge is 0.162 e. The average Bonchev–Trinajstić information content (AvgIpc) is 2.95. The average molecular weight is 236 g/mol. The van der Waals surface area contributed by atoms with E-state index in [1.807, 2.05) is 12.1 Å². The van der Waals surface area contributed by atoms with Crippen molar-refractivity contribution in [2.24, 2.45) is 5.73 Å². The van der Waals surface area contributed by atoms with E-state index in [4.69, 9.17) is 10.2 Å². The third kappa shape index (κ3) is 2.33. The number of aromatic nitrogens is 1. The van der Waals surface area contributed by atoms with Crippen LogP contribution in [0.5, 0.6) is 0 Å². The largest absolute Gasteiger partial charge is 0.462 e. The standard InChI is InChI=1S/C12H16N2OS/c1-2-4-9(7-13)10-8-16-12(14-10)11-5-3-6-15-11/h3,5-6,8-9H,2,4,7,13H2,1H3. The maximum atomic E-state index is 5.76. The predicted molar refractivity (Wildman–Crippen MR) is 66.5 cm³/mol. The molecule has 1 unspecified atom stereocenters. The normalized spacial score (nSPS) is 12.9. The summed E-state index contributed by atoms with van der Waals surface area (Å²) in [7, 11) is 0. The Bertz CT molecular complexity index is 422. The van der Waals surface area contributed by atoms with Gasteiger partial charge in [-0.05, 0) is 18.6 Å². The lowest BCUT2D eigenvalue weighted by Crippen LogP contribution is -2.12. The Morgan fingerprint density at radius 1 is 1.56 bits per heavy atom. The van der Waals surface area contributed by atoms with Gasteiger partial charge in [0.05, 0.1) is 12.0 Å². The first-order valence-electron chi connectivity index (χ1n) is 5.54. The molecule has 1 atom stereocenters. The molecule has 0 aliphatic rings. The first-order chi connectivity index (χ1) is 7.85. The van der Waals surface area contributed by atoms with Crippen LogP contribution in [0.3, 0.4) is 0 Å². The van der Waals surface area contributed by atoms with E-state index < -0.39 is 0 Å². The molecule has 0 saturated carbocycles. The van der Waals surface area contributed by atoms with E-state index in [-0.39, 0.29) is 0 Å². The van der Waals surface area contributed by atoms with Gasteiger partial charge in [-0.1, -0.05) is 13.3 Å². The fraction of sp³-hybridized carbons (Fsp3) is 0.417. The van der Waals surface area contributed by atoms with Crippen LogP contribution in [0.2, 0.25) is 0 Å². The number of hydrogen-bond donors (Lipinski definition) is 1. The zero-order valence-electron chi connectivity index (χ0n) is 9.35. The number of nitrogens with zero attached hydrogens (tertiary/aromatic N) is 1. The van der Waals surface area contributed by atoms with Crippen LogP contribution in [0.15, 0.2) is 28.2 Å². The van der Waals surface area contributed by atoms with Gasteiger partial charge in [-0.25, -0.2) is 4.98 Å². The summed E-state index contributed by atoms with van der Waals surface area (Å²) >= 11 is 1.62. The van der Waals surface area contributed by atoms with E-state index in [2.05, 4.69) is 17.3 Å².